The molecule has 1 aliphatic heterocycles. The number of nitrogens with zero attached hydrogens (tertiary/aromatic N) is 1. The highest BCUT2D eigenvalue weighted by atomic mass is 19.1. The van der Waals surface area contributed by atoms with E-state index in [-0.39, 0.29) is 42.9 Å². The number of carbonyl (C=O) groups excluding carboxylic acids is 3. The average Bonchev–Trinajstić information content (AvgIpc) is 2.97. The highest BCUT2D eigenvalue weighted by molar-refractivity contribution is 6.01. The first-order valence-electron chi connectivity index (χ1n) is 8.57. The predicted molar refractivity (Wildman–Crippen MR) is 96.4 cm³/mol. The molecule has 27 heavy (non-hydrogen) atoms. The molecule has 2 aromatic rings. The van der Waals surface area contributed by atoms with E-state index in [9.17, 15) is 18.8 Å². The zero-order valence-electron chi connectivity index (χ0n) is 14.8. The zero-order valence-corrected chi connectivity index (χ0v) is 14.8. The predicted octanol–water partition coefficient (Wildman–Crippen LogP) is 2.88. The summed E-state index contributed by atoms with van der Waals surface area (Å²) in [6, 6.07) is 12.3. The van der Waals surface area contributed by atoms with Gasteiger partial charge in [0, 0.05) is 18.5 Å². The highest BCUT2D eigenvalue weighted by Gasteiger charge is 2.28. The van der Waals surface area contributed by atoms with Crippen LogP contribution in [0, 0.1) is 5.82 Å². The Bertz CT molecular complexity index is 833. The first-order valence-corrected chi connectivity index (χ1v) is 8.57. The number of ether oxygens (including phenoxy) is 1. The molecule has 1 N–H and O–H groups in total. The van der Waals surface area contributed by atoms with Crippen LogP contribution in [0.25, 0.3) is 0 Å². The Morgan fingerprint density at radius 1 is 1.07 bits per heavy atom. The van der Waals surface area contributed by atoms with Crippen LogP contribution in [0.3, 0.4) is 0 Å². The van der Waals surface area contributed by atoms with Crippen LogP contribution in [0.2, 0.25) is 0 Å². The third-order valence-electron chi connectivity index (χ3n) is 4.21. The molecule has 140 valence electrons. The fourth-order valence-electron chi connectivity index (χ4n) is 2.69. The summed E-state index contributed by atoms with van der Waals surface area (Å²) in [6.07, 6.45) is -0.243. The van der Waals surface area contributed by atoms with Crippen LogP contribution < -0.4 is 10.1 Å². The van der Waals surface area contributed by atoms with Crippen molar-refractivity contribution < 1.29 is 23.5 Å². The Balaban J connectivity index is 1.55. The van der Waals surface area contributed by atoms with Gasteiger partial charge >= 0.3 is 0 Å². The Labute approximate surface area is 155 Å². The van der Waals surface area contributed by atoms with Gasteiger partial charge in [-0.05, 0) is 48.9 Å². The van der Waals surface area contributed by atoms with E-state index in [1.807, 2.05) is 0 Å². The van der Waals surface area contributed by atoms with E-state index in [2.05, 4.69) is 5.32 Å². The summed E-state index contributed by atoms with van der Waals surface area (Å²) in [7, 11) is 0. The molecular formula is C20H19FN2O4. The van der Waals surface area contributed by atoms with Gasteiger partial charge in [0.25, 0.3) is 5.91 Å². The van der Waals surface area contributed by atoms with Crippen molar-refractivity contribution in [2.24, 2.45) is 0 Å². The van der Waals surface area contributed by atoms with Gasteiger partial charge in [0.05, 0.1) is 6.54 Å². The monoisotopic (exact) mass is 370 g/mol. The standard InChI is InChI=1S/C20H19FN2O4/c1-13(27-17-8-4-15(21)5-9-17)20(26)22-16-6-2-14(3-7-16)12-23-18(24)10-11-19(23)25/h2-9,13H,10-12H2,1H3,(H,22,26). The minimum atomic E-state index is -0.769. The molecule has 0 aliphatic carbocycles. The van der Waals surface area contributed by atoms with Crippen LogP contribution in [0.15, 0.2) is 48.5 Å². The van der Waals surface area contributed by atoms with Gasteiger partial charge in [-0.15, -0.1) is 0 Å². The number of hydrogen-bond donors (Lipinski definition) is 1. The molecule has 0 bridgehead atoms. The van der Waals surface area contributed by atoms with Crippen LogP contribution in [0.5, 0.6) is 5.75 Å². The summed E-state index contributed by atoms with van der Waals surface area (Å²) >= 11 is 0. The summed E-state index contributed by atoms with van der Waals surface area (Å²) in [5, 5.41) is 2.73. The van der Waals surface area contributed by atoms with Crippen molar-refractivity contribution in [3.05, 3.63) is 59.9 Å². The maximum Gasteiger partial charge on any atom is 0.265 e. The van der Waals surface area contributed by atoms with E-state index in [0.717, 1.165) is 5.56 Å². The zero-order chi connectivity index (χ0) is 19.4. The molecule has 3 rings (SSSR count). The number of hydrogen-bond acceptors (Lipinski definition) is 4. The van der Waals surface area contributed by atoms with Gasteiger partial charge in [0.1, 0.15) is 11.6 Å². The number of rotatable bonds is 6. The van der Waals surface area contributed by atoms with Gasteiger partial charge in [-0.2, -0.15) is 0 Å². The largest absolute Gasteiger partial charge is 0.481 e. The lowest BCUT2D eigenvalue weighted by Gasteiger charge is -2.16. The van der Waals surface area contributed by atoms with E-state index >= 15 is 0 Å². The van der Waals surface area contributed by atoms with Gasteiger partial charge in [0.15, 0.2) is 6.10 Å². The number of halogens is 1. The third kappa shape index (κ3) is 4.69. The number of likely N-dealkylation sites (tertiary alicyclic amines) is 1. The fraction of sp³-hybridized carbons (Fsp3) is 0.250. The van der Waals surface area contributed by atoms with Crippen LogP contribution >= 0.6 is 0 Å². The van der Waals surface area contributed by atoms with E-state index in [4.69, 9.17) is 4.74 Å². The van der Waals surface area contributed by atoms with Crippen LogP contribution in [-0.2, 0) is 20.9 Å². The van der Waals surface area contributed by atoms with Crippen molar-refractivity contribution in [1.29, 1.82) is 0 Å². The SMILES string of the molecule is CC(Oc1ccc(F)cc1)C(=O)Nc1ccc(CN2C(=O)CCC2=O)cc1. The van der Waals surface area contributed by atoms with Crippen molar-refractivity contribution >= 4 is 23.4 Å². The van der Waals surface area contributed by atoms with Crippen molar-refractivity contribution in [2.45, 2.75) is 32.4 Å². The van der Waals surface area contributed by atoms with Gasteiger partial charge in [-0.3, -0.25) is 19.3 Å². The van der Waals surface area contributed by atoms with E-state index in [1.54, 1.807) is 31.2 Å². The normalized spacial score (nSPS) is 15.0. The Morgan fingerprint density at radius 2 is 1.67 bits per heavy atom. The molecular weight excluding hydrogens is 351 g/mol. The lowest BCUT2D eigenvalue weighted by Crippen LogP contribution is -2.30. The Kier molecular flexibility index (Phi) is 5.49. The Hall–Kier alpha value is -3.22. The fourth-order valence-corrected chi connectivity index (χ4v) is 2.69. The van der Waals surface area contributed by atoms with Gasteiger partial charge in [0.2, 0.25) is 11.8 Å². The second-order valence-corrected chi connectivity index (χ2v) is 6.27. The molecule has 0 radical (unpaired) electrons. The number of anilines is 1. The minimum absolute atomic E-state index is 0.163. The molecule has 1 atom stereocenters. The molecule has 1 heterocycles. The smallest absolute Gasteiger partial charge is 0.265 e. The third-order valence-corrected chi connectivity index (χ3v) is 4.21. The molecule has 1 unspecified atom stereocenters. The lowest BCUT2D eigenvalue weighted by molar-refractivity contribution is -0.139. The molecule has 6 nitrogen and oxygen atoms in total. The van der Waals surface area contributed by atoms with Crippen molar-refractivity contribution in [2.75, 3.05) is 5.32 Å². The molecule has 1 saturated heterocycles. The number of nitrogens with one attached hydrogen (secondary N) is 1. The average molecular weight is 370 g/mol. The van der Waals surface area contributed by atoms with E-state index in [0.29, 0.717) is 11.4 Å². The summed E-state index contributed by atoms with van der Waals surface area (Å²) in [5.74, 6) is -0.656. The van der Waals surface area contributed by atoms with Gasteiger partial charge < -0.3 is 10.1 Å². The van der Waals surface area contributed by atoms with Crippen molar-refractivity contribution in [3.8, 4) is 5.75 Å². The number of amides is 3. The van der Waals surface area contributed by atoms with Crippen LogP contribution in [-0.4, -0.2) is 28.7 Å². The second kappa shape index (κ2) is 7.99. The summed E-state index contributed by atoms with van der Waals surface area (Å²) in [6.45, 7) is 1.83. The first kappa shape index (κ1) is 18.6. The van der Waals surface area contributed by atoms with Crippen molar-refractivity contribution in [3.63, 3.8) is 0 Å². The van der Waals surface area contributed by atoms with Gasteiger partial charge in [-0.25, -0.2) is 4.39 Å². The van der Waals surface area contributed by atoms with Gasteiger partial charge in [-0.1, -0.05) is 12.1 Å². The molecule has 3 amide bonds. The molecule has 0 spiro atoms. The number of benzene rings is 2. The summed E-state index contributed by atoms with van der Waals surface area (Å²) in [5.41, 5.74) is 1.37. The second-order valence-electron chi connectivity index (χ2n) is 6.27. The molecule has 0 saturated carbocycles. The molecule has 1 fully saturated rings. The molecule has 0 aromatic heterocycles. The molecule has 1 aliphatic rings. The maximum atomic E-state index is 12.9. The van der Waals surface area contributed by atoms with Crippen molar-refractivity contribution in [1.82, 2.24) is 4.90 Å². The Morgan fingerprint density at radius 3 is 2.26 bits per heavy atom. The van der Waals surface area contributed by atoms with Crippen LogP contribution in [0.1, 0.15) is 25.3 Å². The topological polar surface area (TPSA) is 75.7 Å². The van der Waals surface area contributed by atoms with Crippen LogP contribution in [0.4, 0.5) is 10.1 Å². The van der Waals surface area contributed by atoms with E-state index in [1.165, 1.54) is 29.2 Å². The molecule has 2 aromatic carbocycles. The number of imide groups is 1. The number of carbonyl (C=O) groups is 3. The highest BCUT2D eigenvalue weighted by Crippen LogP contribution is 2.18. The summed E-state index contributed by atoms with van der Waals surface area (Å²) in [4.78, 5) is 36.8. The molecule has 7 heteroatoms. The first-order chi connectivity index (χ1) is 12.9. The summed E-state index contributed by atoms with van der Waals surface area (Å²) < 4.78 is 18.4. The lowest BCUT2D eigenvalue weighted by atomic mass is 10.2. The van der Waals surface area contributed by atoms with E-state index < -0.39 is 6.10 Å². The minimum Gasteiger partial charge on any atom is -0.481 e. The quantitative estimate of drug-likeness (QED) is 0.794. The maximum absolute atomic E-state index is 12.9.